The number of hydrazone groups is 1. The van der Waals surface area contributed by atoms with Gasteiger partial charge < -0.3 is 9.64 Å². The van der Waals surface area contributed by atoms with E-state index in [0.717, 1.165) is 18.6 Å². The number of nitrogens with one attached hydrogen (secondary N) is 2. The summed E-state index contributed by atoms with van der Waals surface area (Å²) < 4.78 is 5.93. The Morgan fingerprint density at radius 2 is 2.00 bits per heavy atom. The molecule has 6 nitrogen and oxygen atoms in total. The number of piperidine rings is 1. The van der Waals surface area contributed by atoms with Gasteiger partial charge in [-0.25, -0.2) is 4.79 Å². The van der Waals surface area contributed by atoms with E-state index in [2.05, 4.69) is 22.4 Å². The van der Waals surface area contributed by atoms with E-state index in [1.165, 1.54) is 0 Å². The Morgan fingerprint density at radius 1 is 1.29 bits per heavy atom. The molecule has 0 bridgehead atoms. The van der Waals surface area contributed by atoms with Crippen LogP contribution in [-0.4, -0.2) is 36.0 Å². The van der Waals surface area contributed by atoms with E-state index >= 15 is 0 Å². The van der Waals surface area contributed by atoms with E-state index in [1.54, 1.807) is 29.2 Å². The summed E-state index contributed by atoms with van der Waals surface area (Å²) in [4.78, 5) is 14.0. The second-order valence-corrected chi connectivity index (χ2v) is 6.09. The summed E-state index contributed by atoms with van der Waals surface area (Å²) in [5.41, 5.74) is 3.41. The number of benzene rings is 1. The van der Waals surface area contributed by atoms with E-state index < -0.39 is 0 Å². The van der Waals surface area contributed by atoms with Gasteiger partial charge >= 0.3 is 6.03 Å². The zero-order valence-corrected chi connectivity index (χ0v) is 13.9. The zero-order chi connectivity index (χ0) is 16.9. The van der Waals surface area contributed by atoms with Crippen LogP contribution >= 0.6 is 11.6 Å². The van der Waals surface area contributed by atoms with Gasteiger partial charge in [-0.1, -0.05) is 18.2 Å². The van der Waals surface area contributed by atoms with Crippen LogP contribution < -0.4 is 15.5 Å². The van der Waals surface area contributed by atoms with Gasteiger partial charge in [-0.2, -0.15) is 5.10 Å². The molecule has 2 aliphatic heterocycles. The molecule has 0 aromatic heterocycles. The molecule has 1 aromatic rings. The third kappa shape index (κ3) is 4.29. The SMILES string of the molecule is C=C1C=CC(NC(=O)N2CCC(Oc3ccc(Cl)cc3)CC2)=NN1. The number of carbonyl (C=O) groups is 1. The van der Waals surface area contributed by atoms with Crippen LogP contribution in [0.3, 0.4) is 0 Å². The first-order valence-corrected chi connectivity index (χ1v) is 8.17. The minimum atomic E-state index is -0.155. The maximum Gasteiger partial charge on any atom is 0.323 e. The minimum Gasteiger partial charge on any atom is -0.490 e. The summed E-state index contributed by atoms with van der Waals surface area (Å²) in [5, 5.41) is 7.47. The number of amidine groups is 1. The molecule has 1 saturated heterocycles. The first kappa shape index (κ1) is 16.4. The highest BCUT2D eigenvalue weighted by Gasteiger charge is 2.24. The Morgan fingerprint density at radius 3 is 2.62 bits per heavy atom. The Labute approximate surface area is 145 Å². The van der Waals surface area contributed by atoms with Gasteiger partial charge in [0.05, 0.1) is 0 Å². The van der Waals surface area contributed by atoms with Crippen molar-refractivity contribution in [2.75, 3.05) is 13.1 Å². The average Bonchev–Trinajstić information content (AvgIpc) is 2.59. The Bertz CT molecular complexity index is 676. The van der Waals surface area contributed by atoms with Crippen LogP contribution in [0.1, 0.15) is 12.8 Å². The van der Waals surface area contributed by atoms with Crippen molar-refractivity contribution < 1.29 is 9.53 Å². The van der Waals surface area contributed by atoms with Gasteiger partial charge in [0.15, 0.2) is 5.84 Å². The molecule has 0 unspecified atom stereocenters. The maximum atomic E-state index is 12.2. The van der Waals surface area contributed by atoms with Gasteiger partial charge in [-0.15, -0.1) is 0 Å². The zero-order valence-electron chi connectivity index (χ0n) is 13.2. The van der Waals surface area contributed by atoms with Crippen molar-refractivity contribution in [1.82, 2.24) is 15.6 Å². The van der Waals surface area contributed by atoms with E-state index in [-0.39, 0.29) is 12.1 Å². The van der Waals surface area contributed by atoms with Gasteiger partial charge in [0.25, 0.3) is 0 Å². The number of hydrogen-bond acceptors (Lipinski definition) is 4. The number of allylic oxidation sites excluding steroid dienone is 1. The van der Waals surface area contributed by atoms with Gasteiger partial charge in [-0.3, -0.25) is 10.7 Å². The van der Waals surface area contributed by atoms with Gasteiger partial charge in [-0.05, 0) is 36.4 Å². The second-order valence-electron chi connectivity index (χ2n) is 5.66. The number of urea groups is 1. The molecule has 0 atom stereocenters. The summed E-state index contributed by atoms with van der Waals surface area (Å²) in [6.07, 6.45) is 5.15. The van der Waals surface area contributed by atoms with Crippen LogP contribution in [0.15, 0.2) is 53.8 Å². The highest BCUT2D eigenvalue weighted by Crippen LogP contribution is 2.21. The highest BCUT2D eigenvalue weighted by atomic mass is 35.5. The summed E-state index contributed by atoms with van der Waals surface area (Å²) in [5.74, 6) is 1.28. The minimum absolute atomic E-state index is 0.104. The predicted molar refractivity (Wildman–Crippen MR) is 94.1 cm³/mol. The molecule has 2 amide bonds. The summed E-state index contributed by atoms with van der Waals surface area (Å²) >= 11 is 5.87. The highest BCUT2D eigenvalue weighted by molar-refractivity contribution is 6.30. The lowest BCUT2D eigenvalue weighted by atomic mass is 10.1. The van der Waals surface area contributed by atoms with Crippen molar-refractivity contribution in [3.8, 4) is 5.75 Å². The quantitative estimate of drug-likeness (QED) is 0.865. The predicted octanol–water partition coefficient (Wildman–Crippen LogP) is 2.88. The number of amides is 2. The second kappa shape index (κ2) is 7.40. The fraction of sp³-hybridized carbons (Fsp3) is 0.294. The lowest BCUT2D eigenvalue weighted by Gasteiger charge is -2.32. The number of carbonyl (C=O) groups excluding carboxylic acids is 1. The molecule has 2 aliphatic rings. The molecular weight excluding hydrogens is 328 g/mol. The number of halogens is 1. The molecule has 0 radical (unpaired) electrons. The Hall–Kier alpha value is -2.47. The lowest BCUT2D eigenvalue weighted by molar-refractivity contribution is 0.112. The van der Waals surface area contributed by atoms with E-state index in [9.17, 15) is 4.79 Å². The number of hydrogen-bond donors (Lipinski definition) is 2. The Balaban J connectivity index is 1.46. The van der Waals surface area contributed by atoms with Crippen LogP contribution in [0, 0.1) is 0 Å². The van der Waals surface area contributed by atoms with E-state index in [1.807, 2.05) is 12.1 Å². The van der Waals surface area contributed by atoms with Crippen LogP contribution in [-0.2, 0) is 0 Å². The normalized spacial score (nSPS) is 18.0. The smallest absolute Gasteiger partial charge is 0.323 e. The van der Waals surface area contributed by atoms with Crippen molar-refractivity contribution in [3.05, 3.63) is 53.7 Å². The monoisotopic (exact) mass is 346 g/mol. The molecule has 126 valence electrons. The summed E-state index contributed by atoms with van der Waals surface area (Å²) in [7, 11) is 0. The number of rotatable bonds is 2. The van der Waals surface area contributed by atoms with Crippen LogP contribution in [0.2, 0.25) is 5.02 Å². The van der Waals surface area contributed by atoms with Crippen molar-refractivity contribution >= 4 is 23.5 Å². The first-order valence-electron chi connectivity index (χ1n) is 7.79. The van der Waals surface area contributed by atoms with Gasteiger partial charge in [0, 0.05) is 36.7 Å². The summed E-state index contributed by atoms with van der Waals surface area (Å²) in [6.45, 7) is 5.00. The maximum absolute atomic E-state index is 12.2. The van der Waals surface area contributed by atoms with Crippen molar-refractivity contribution in [2.45, 2.75) is 18.9 Å². The molecule has 2 heterocycles. The van der Waals surface area contributed by atoms with Crippen LogP contribution in [0.25, 0.3) is 0 Å². The Kier molecular flexibility index (Phi) is 5.05. The third-order valence-electron chi connectivity index (χ3n) is 3.84. The first-order chi connectivity index (χ1) is 11.6. The van der Waals surface area contributed by atoms with Crippen LogP contribution in [0.5, 0.6) is 5.75 Å². The fourth-order valence-corrected chi connectivity index (χ4v) is 2.65. The molecule has 24 heavy (non-hydrogen) atoms. The molecule has 0 spiro atoms. The van der Waals surface area contributed by atoms with Gasteiger partial charge in [0.1, 0.15) is 11.9 Å². The number of nitrogens with zero attached hydrogens (tertiary/aromatic N) is 2. The van der Waals surface area contributed by atoms with Crippen molar-refractivity contribution in [2.24, 2.45) is 5.10 Å². The summed E-state index contributed by atoms with van der Waals surface area (Å²) in [6, 6.07) is 7.17. The van der Waals surface area contributed by atoms with Crippen molar-refractivity contribution in [1.29, 1.82) is 0 Å². The van der Waals surface area contributed by atoms with Crippen LogP contribution in [0.4, 0.5) is 4.79 Å². The lowest BCUT2D eigenvalue weighted by Crippen LogP contribution is -2.48. The van der Waals surface area contributed by atoms with E-state index in [4.69, 9.17) is 16.3 Å². The molecule has 1 aromatic carbocycles. The fourth-order valence-electron chi connectivity index (χ4n) is 2.53. The molecule has 7 heteroatoms. The average molecular weight is 347 g/mol. The molecule has 3 rings (SSSR count). The standard InChI is InChI=1S/C17H19ClN4O2/c1-12-2-7-16(21-20-12)19-17(23)22-10-8-15(9-11-22)24-14-5-3-13(18)4-6-14/h2-7,15,20H,1,8-11H2,(H,19,21,23). The molecular formula is C17H19ClN4O2. The van der Waals surface area contributed by atoms with E-state index in [0.29, 0.717) is 29.6 Å². The molecule has 0 aliphatic carbocycles. The third-order valence-corrected chi connectivity index (χ3v) is 4.09. The largest absolute Gasteiger partial charge is 0.490 e. The van der Waals surface area contributed by atoms with Gasteiger partial charge in [0.2, 0.25) is 0 Å². The molecule has 2 N–H and O–H groups in total. The molecule has 0 saturated carbocycles. The molecule has 1 fully saturated rings. The topological polar surface area (TPSA) is 66.0 Å². The number of likely N-dealkylation sites (tertiary alicyclic amines) is 1. The van der Waals surface area contributed by atoms with Crippen molar-refractivity contribution in [3.63, 3.8) is 0 Å². The number of ether oxygens (including phenoxy) is 1.